The van der Waals surface area contributed by atoms with Crippen LogP contribution >= 0.6 is 0 Å². The van der Waals surface area contributed by atoms with Crippen LogP contribution in [0.25, 0.3) is 235 Å². The first kappa shape index (κ1) is 89.1. The Morgan fingerprint density at radius 2 is 0.278 bits per heavy atom. The van der Waals surface area contributed by atoms with Gasteiger partial charge in [-0.25, -0.2) is 44.9 Å². The number of hydrogen-bond donors (Lipinski definition) is 0. The molecular weight excluding hydrogens is 1750 g/mol. The smallest absolute Gasteiger partial charge is 0.164 e. The van der Waals surface area contributed by atoms with Crippen molar-refractivity contribution in [3.63, 3.8) is 0 Å². The third-order valence-corrected chi connectivity index (χ3v) is 25.8. The molecule has 144 heavy (non-hydrogen) atoms. The lowest BCUT2D eigenvalue weighted by Crippen LogP contribution is -2.00. The zero-order chi connectivity index (χ0) is 96.9. The van der Waals surface area contributed by atoms with Gasteiger partial charge in [-0.2, -0.15) is 15.8 Å². The van der Waals surface area contributed by atoms with Crippen molar-refractivity contribution in [2.45, 2.75) is 0 Å². The molecule has 3 heterocycles. The van der Waals surface area contributed by atoms with Gasteiger partial charge < -0.3 is 0 Å². The summed E-state index contributed by atoms with van der Waals surface area (Å²) in [6.45, 7) is 0. The maximum atomic E-state index is 9.33. The number of rotatable bonds is 18. The fraction of sp³-hybridized carbons (Fsp3) is 0. The average Bonchev–Trinajstić information content (AvgIpc) is 0.773. The third-order valence-electron chi connectivity index (χ3n) is 25.8. The Morgan fingerprint density at radius 1 is 0.111 bits per heavy atom. The normalized spacial score (nSPS) is 10.9. The Balaban J connectivity index is 0.000000123. The monoisotopic (exact) mass is 1840 g/mol. The van der Waals surface area contributed by atoms with Crippen molar-refractivity contribution in [2.24, 2.45) is 0 Å². The van der Waals surface area contributed by atoms with Gasteiger partial charge in [0.05, 0.1) is 34.9 Å². The van der Waals surface area contributed by atoms with E-state index in [1.54, 1.807) is 0 Å². The van der Waals surface area contributed by atoms with Crippen molar-refractivity contribution in [2.75, 3.05) is 0 Å². The SMILES string of the molecule is N#Cc1ccc(-c2ccc(-c3cccc4c(-c5cccc(-c6nc(-c7ccccc7)nc(-c7ccccc7)n6)c5)cccc34)cc2)cc1.N#Cc1cccc(-c2ccc(-c3cccc4c(-c5ccc(-c6nc(-c7ccccc7)nc(-c7ccccc7)n6)cc5)cccc34)cc2)c1.N#Cc1cccc(-c2ccc(-c3cccc4c(-c5cccc(-c6nc(-c7ccccc7)nc(-c7ccccc7)n6)c5)cccc34)cc2)c1. The summed E-state index contributed by atoms with van der Waals surface area (Å²) < 4.78 is 0. The number of hydrogen-bond acceptors (Lipinski definition) is 12. The molecule has 672 valence electrons. The Labute approximate surface area is 834 Å². The fourth-order valence-electron chi connectivity index (χ4n) is 18.5. The molecule has 0 aliphatic rings. The highest BCUT2D eigenvalue weighted by atomic mass is 15.1. The molecule has 0 fully saturated rings. The molecule has 21 aromatic carbocycles. The summed E-state index contributed by atoms with van der Waals surface area (Å²) in [4.78, 5) is 44.1. The van der Waals surface area contributed by atoms with E-state index in [0.29, 0.717) is 69.1 Å². The largest absolute Gasteiger partial charge is 0.208 e. The van der Waals surface area contributed by atoms with Crippen molar-refractivity contribution < 1.29 is 0 Å². The summed E-state index contributed by atoms with van der Waals surface area (Å²) in [6.07, 6.45) is 0. The molecule has 0 radical (unpaired) electrons. The zero-order valence-corrected chi connectivity index (χ0v) is 77.9. The van der Waals surface area contributed by atoms with Crippen LogP contribution in [0.5, 0.6) is 0 Å². The number of nitrogens with zero attached hydrogens (tertiary/aromatic N) is 12. The molecule has 12 heteroatoms. The van der Waals surface area contributed by atoms with Gasteiger partial charge in [-0.15, -0.1) is 0 Å². The van der Waals surface area contributed by atoms with Gasteiger partial charge in [-0.05, 0) is 181 Å². The van der Waals surface area contributed by atoms with E-state index in [9.17, 15) is 10.5 Å². The van der Waals surface area contributed by atoms with E-state index in [4.69, 9.17) is 50.1 Å². The Morgan fingerprint density at radius 3 is 0.521 bits per heavy atom. The number of nitriles is 3. The lowest BCUT2D eigenvalue weighted by molar-refractivity contribution is 1.07. The van der Waals surface area contributed by atoms with E-state index in [0.717, 1.165) is 134 Å². The summed E-state index contributed by atoms with van der Waals surface area (Å²) in [5.41, 5.74) is 30.6. The molecule has 0 saturated carbocycles. The molecule has 0 amide bonds. The van der Waals surface area contributed by atoms with Gasteiger partial charge in [-0.3, -0.25) is 0 Å². The van der Waals surface area contributed by atoms with Crippen LogP contribution in [0.2, 0.25) is 0 Å². The molecular formula is C132H84N12. The molecule has 0 unspecified atom stereocenters. The van der Waals surface area contributed by atoms with Crippen molar-refractivity contribution in [1.29, 1.82) is 15.8 Å². The quantitative estimate of drug-likeness (QED) is 0.0792. The Kier molecular flexibility index (Phi) is 25.4. The summed E-state index contributed by atoms with van der Waals surface area (Å²) in [5, 5.41) is 34.9. The number of fused-ring (bicyclic) bond motifs is 3. The lowest BCUT2D eigenvalue weighted by atomic mass is 9.91. The molecule has 0 aliphatic heterocycles. The van der Waals surface area contributed by atoms with Gasteiger partial charge in [0.25, 0.3) is 0 Å². The molecule has 12 nitrogen and oxygen atoms in total. The predicted octanol–water partition coefficient (Wildman–Crippen LogP) is 32.7. The summed E-state index contributed by atoms with van der Waals surface area (Å²) in [7, 11) is 0. The van der Waals surface area contributed by atoms with Gasteiger partial charge in [0.2, 0.25) is 0 Å². The molecule has 0 atom stereocenters. The maximum absolute atomic E-state index is 9.33. The van der Waals surface area contributed by atoms with E-state index in [1.165, 1.54) is 49.0 Å². The first-order chi connectivity index (χ1) is 71.2. The van der Waals surface area contributed by atoms with Crippen LogP contribution in [0.4, 0.5) is 0 Å². The molecule has 0 spiro atoms. The van der Waals surface area contributed by atoms with Crippen LogP contribution in [0.1, 0.15) is 16.7 Å². The zero-order valence-electron chi connectivity index (χ0n) is 77.9. The standard InChI is InChI=1S/3C44H28N4/c45-29-30-11-7-16-35(27-30)31-23-25-32(26-24-31)38-19-9-22-41-39(20-10-21-40(38)41)36-17-8-18-37(28-36)44-47-42(33-12-3-1-4-13-33)46-43(48-44)34-14-5-2-6-15-34;45-29-30-10-7-15-37(28-30)31-20-22-32(23-21-31)38-16-8-19-41-39(17-9-18-40(38)41)33-24-26-36(27-25-33)44-47-42(34-11-3-1-4-12-34)46-43(48-44)35-13-5-2-6-14-35;45-29-30-20-22-31(23-21-30)32-24-26-33(27-25-32)38-16-8-19-41-39(17-9-18-40(38)41)36-14-7-15-37(28-36)44-47-42(34-10-3-1-4-11-34)46-43(48-44)35-12-5-2-6-13-35/h3*1-28H. The Hall–Kier alpha value is -20.1. The van der Waals surface area contributed by atoms with Crippen LogP contribution in [-0.2, 0) is 0 Å². The van der Waals surface area contributed by atoms with Gasteiger partial charge in [0.15, 0.2) is 52.4 Å². The minimum absolute atomic E-state index is 0.630. The summed E-state index contributed by atoms with van der Waals surface area (Å²) in [6, 6.07) is 180. The highest BCUT2D eigenvalue weighted by Crippen LogP contribution is 2.43. The van der Waals surface area contributed by atoms with Crippen molar-refractivity contribution in [3.05, 3.63) is 526 Å². The van der Waals surface area contributed by atoms with Gasteiger partial charge in [0, 0.05) is 50.1 Å². The molecule has 0 aliphatic carbocycles. The van der Waals surface area contributed by atoms with E-state index < -0.39 is 0 Å². The minimum atomic E-state index is 0.630. The fourth-order valence-corrected chi connectivity index (χ4v) is 18.5. The molecule has 0 saturated heterocycles. The van der Waals surface area contributed by atoms with Crippen LogP contribution in [0, 0.1) is 34.0 Å². The van der Waals surface area contributed by atoms with Gasteiger partial charge >= 0.3 is 0 Å². The highest BCUT2D eigenvalue weighted by molar-refractivity contribution is 6.08. The van der Waals surface area contributed by atoms with Gasteiger partial charge in [-0.1, -0.05) is 461 Å². The second-order valence-corrected chi connectivity index (χ2v) is 34.8. The maximum Gasteiger partial charge on any atom is 0.164 e. The van der Waals surface area contributed by atoms with Crippen molar-refractivity contribution in [1.82, 2.24) is 44.9 Å². The topological polar surface area (TPSA) is 187 Å². The Bertz CT molecular complexity index is 8790. The summed E-state index contributed by atoms with van der Waals surface area (Å²) in [5.74, 6) is 5.76. The van der Waals surface area contributed by atoms with Crippen molar-refractivity contribution >= 4 is 32.3 Å². The number of benzene rings is 21. The van der Waals surface area contributed by atoms with E-state index in [2.05, 4.69) is 273 Å². The minimum Gasteiger partial charge on any atom is -0.208 e. The molecule has 0 bridgehead atoms. The molecule has 3 aromatic heterocycles. The second kappa shape index (κ2) is 41.1. The molecule has 0 N–H and O–H groups in total. The van der Waals surface area contributed by atoms with Crippen LogP contribution < -0.4 is 0 Å². The second-order valence-electron chi connectivity index (χ2n) is 34.8. The van der Waals surface area contributed by atoms with Crippen LogP contribution in [0.15, 0.2) is 510 Å². The van der Waals surface area contributed by atoms with Crippen molar-refractivity contribution in [3.8, 4) is 221 Å². The molecule has 24 aromatic rings. The van der Waals surface area contributed by atoms with Gasteiger partial charge in [0.1, 0.15) is 0 Å². The van der Waals surface area contributed by atoms with E-state index in [-0.39, 0.29) is 0 Å². The lowest BCUT2D eigenvalue weighted by Gasteiger charge is -2.13. The third kappa shape index (κ3) is 19.3. The first-order valence-electron chi connectivity index (χ1n) is 47.5. The van der Waals surface area contributed by atoms with Crippen LogP contribution in [-0.4, -0.2) is 44.9 Å². The van der Waals surface area contributed by atoms with Crippen LogP contribution in [0.3, 0.4) is 0 Å². The highest BCUT2D eigenvalue weighted by Gasteiger charge is 2.21. The first-order valence-corrected chi connectivity index (χ1v) is 47.5. The predicted molar refractivity (Wildman–Crippen MR) is 584 cm³/mol. The van der Waals surface area contributed by atoms with E-state index in [1.807, 2.05) is 255 Å². The van der Waals surface area contributed by atoms with E-state index >= 15 is 0 Å². The molecule has 24 rings (SSSR count). The summed E-state index contributed by atoms with van der Waals surface area (Å²) >= 11 is 0. The average molecular weight is 1840 g/mol. The number of aromatic nitrogens is 9.